The average molecular weight is 828 g/mol. The van der Waals surface area contributed by atoms with Crippen molar-refractivity contribution in [1.82, 2.24) is 0 Å². The fourth-order valence-electron chi connectivity index (χ4n) is 11.8. The number of para-hydroxylation sites is 1. The zero-order chi connectivity index (χ0) is 43.3. The average Bonchev–Trinajstić information content (AvgIpc) is 3.93. The van der Waals surface area contributed by atoms with E-state index in [0.717, 1.165) is 17.1 Å². The lowest BCUT2D eigenvalue weighted by Crippen LogP contribution is -2.25. The Morgan fingerprint density at radius 3 is 1.49 bits per heavy atom. The molecule has 1 unspecified atom stereocenters. The van der Waals surface area contributed by atoms with Crippen molar-refractivity contribution in [3.8, 4) is 66.8 Å². The maximum Gasteiger partial charge on any atom is 0.0725 e. The molecule has 0 heterocycles. The second-order valence-electron chi connectivity index (χ2n) is 18.4. The monoisotopic (exact) mass is 827 g/mol. The van der Waals surface area contributed by atoms with E-state index in [9.17, 15) is 0 Å². The number of hydrogen-bond donors (Lipinski definition) is 0. The van der Waals surface area contributed by atoms with Gasteiger partial charge in [-0.25, -0.2) is 0 Å². The molecule has 0 amide bonds. The highest BCUT2D eigenvalue weighted by Crippen LogP contribution is 2.64. The summed E-state index contributed by atoms with van der Waals surface area (Å²) in [7, 11) is 0. The molecule has 0 radical (unpaired) electrons. The molecule has 13 rings (SSSR count). The zero-order valence-corrected chi connectivity index (χ0v) is 36.5. The van der Waals surface area contributed by atoms with Crippen LogP contribution in [0.1, 0.15) is 47.2 Å². The van der Waals surface area contributed by atoms with Crippen molar-refractivity contribution in [2.75, 3.05) is 4.90 Å². The maximum atomic E-state index is 2.47. The summed E-state index contributed by atoms with van der Waals surface area (Å²) in [5.41, 5.74) is 26.2. The Bertz CT molecular complexity index is 3510. The normalized spacial score (nSPS) is 15.4. The molecule has 0 saturated heterocycles. The molecule has 3 aliphatic carbocycles. The Hall–Kier alpha value is -8.00. The molecule has 1 heteroatoms. The van der Waals surface area contributed by atoms with Gasteiger partial charge in [0.2, 0.25) is 0 Å². The van der Waals surface area contributed by atoms with Gasteiger partial charge in [0.15, 0.2) is 0 Å². The Kier molecular flexibility index (Phi) is 8.24. The Labute approximate surface area is 381 Å². The zero-order valence-electron chi connectivity index (χ0n) is 36.5. The van der Waals surface area contributed by atoms with Gasteiger partial charge in [0.25, 0.3) is 0 Å². The molecule has 10 aromatic carbocycles. The van der Waals surface area contributed by atoms with E-state index in [4.69, 9.17) is 0 Å². The van der Waals surface area contributed by atoms with Crippen LogP contribution in [0.15, 0.2) is 237 Å². The first-order chi connectivity index (χ1) is 32.0. The molecular formula is C64H45N. The minimum absolute atomic E-state index is 0.124. The molecular weight excluding hydrogens is 783 g/mol. The SMILES string of the molecule is CC1(C)c2ccccc2-c2ccc(N(c3ccc(-c4cccc5c4-c4ccccc4C54c5ccccc5-c5ccc(-c6ccccc6)cc54)cc3)c3ccccc3-c3ccccc3)cc21. The molecule has 10 aromatic rings. The van der Waals surface area contributed by atoms with Gasteiger partial charge in [0.05, 0.1) is 11.1 Å². The van der Waals surface area contributed by atoms with Crippen molar-refractivity contribution < 1.29 is 0 Å². The number of benzene rings is 10. The van der Waals surface area contributed by atoms with E-state index in [1.807, 2.05) is 0 Å². The number of nitrogens with zero attached hydrogens (tertiary/aromatic N) is 1. The van der Waals surface area contributed by atoms with Crippen molar-refractivity contribution >= 4 is 17.1 Å². The first-order valence-electron chi connectivity index (χ1n) is 22.8. The van der Waals surface area contributed by atoms with E-state index >= 15 is 0 Å². The minimum Gasteiger partial charge on any atom is -0.310 e. The number of fused-ring (bicyclic) bond motifs is 13. The van der Waals surface area contributed by atoms with E-state index < -0.39 is 5.41 Å². The van der Waals surface area contributed by atoms with Crippen LogP contribution in [0, 0.1) is 0 Å². The quantitative estimate of drug-likeness (QED) is 0.161. The Balaban J connectivity index is 0.985. The highest BCUT2D eigenvalue weighted by Gasteiger charge is 2.52. The van der Waals surface area contributed by atoms with E-state index in [1.165, 1.54) is 100 Å². The van der Waals surface area contributed by atoms with Gasteiger partial charge in [-0.05, 0) is 131 Å². The van der Waals surface area contributed by atoms with Crippen molar-refractivity contribution in [1.29, 1.82) is 0 Å². The predicted octanol–water partition coefficient (Wildman–Crippen LogP) is 16.8. The van der Waals surface area contributed by atoms with Gasteiger partial charge in [-0.15, -0.1) is 0 Å². The molecule has 1 nitrogen and oxygen atoms in total. The molecule has 0 bridgehead atoms. The predicted molar refractivity (Wildman–Crippen MR) is 271 cm³/mol. The van der Waals surface area contributed by atoms with Gasteiger partial charge in [-0.3, -0.25) is 0 Å². The minimum atomic E-state index is -0.447. The first-order valence-corrected chi connectivity index (χ1v) is 22.8. The van der Waals surface area contributed by atoms with Crippen LogP contribution in [0.5, 0.6) is 0 Å². The van der Waals surface area contributed by atoms with Crippen LogP contribution in [0.2, 0.25) is 0 Å². The number of rotatable bonds is 6. The summed E-state index contributed by atoms with van der Waals surface area (Å²) >= 11 is 0. The van der Waals surface area contributed by atoms with Gasteiger partial charge in [-0.2, -0.15) is 0 Å². The fraction of sp³-hybridized carbons (Fsp3) is 0.0625. The molecule has 0 saturated carbocycles. The second kappa shape index (κ2) is 14.3. The lowest BCUT2D eigenvalue weighted by molar-refractivity contribution is 0.660. The van der Waals surface area contributed by atoms with Gasteiger partial charge in [-0.1, -0.05) is 214 Å². The van der Waals surface area contributed by atoms with Gasteiger partial charge < -0.3 is 4.90 Å². The van der Waals surface area contributed by atoms with Crippen LogP contribution in [0.4, 0.5) is 17.1 Å². The van der Waals surface area contributed by atoms with Crippen LogP contribution in [-0.2, 0) is 10.8 Å². The molecule has 3 aliphatic rings. The van der Waals surface area contributed by atoms with Crippen LogP contribution >= 0.6 is 0 Å². The third kappa shape index (κ3) is 5.39. The summed E-state index contributed by atoms with van der Waals surface area (Å²) in [5, 5.41) is 0. The van der Waals surface area contributed by atoms with Gasteiger partial charge >= 0.3 is 0 Å². The number of hydrogen-bond acceptors (Lipinski definition) is 1. The standard InChI is InChI=1S/C64H45N/c1-63(2)55-27-13-9-23-50(55)52-39-37-47(41-59(52)63)65(61-31-16-12-22-48(61)43-20-7-4-8-21-43)46-35-32-44(33-36-46)49-26-17-30-58-62(49)54-25-11-15-29-57(54)64(58)56-28-14-10-24-51(56)53-38-34-45(40-60(53)64)42-18-5-3-6-19-42/h3-41H,1-2H3. The lowest BCUT2D eigenvalue weighted by atomic mass is 9.70. The van der Waals surface area contributed by atoms with Crippen LogP contribution in [-0.4, -0.2) is 0 Å². The first kappa shape index (κ1) is 37.5. The lowest BCUT2D eigenvalue weighted by Gasteiger charge is -2.31. The molecule has 1 atom stereocenters. The fourth-order valence-corrected chi connectivity index (χ4v) is 11.8. The Morgan fingerprint density at radius 1 is 0.277 bits per heavy atom. The summed E-state index contributed by atoms with van der Waals surface area (Å²) in [6.07, 6.45) is 0. The molecule has 0 fully saturated rings. The van der Waals surface area contributed by atoms with Crippen molar-refractivity contribution in [2.45, 2.75) is 24.7 Å². The molecule has 0 aliphatic heterocycles. The van der Waals surface area contributed by atoms with Crippen molar-refractivity contribution in [2.24, 2.45) is 0 Å². The second-order valence-corrected chi connectivity index (χ2v) is 18.4. The maximum absolute atomic E-state index is 2.47. The summed E-state index contributed by atoms with van der Waals surface area (Å²) < 4.78 is 0. The molecule has 65 heavy (non-hydrogen) atoms. The topological polar surface area (TPSA) is 3.24 Å². The van der Waals surface area contributed by atoms with Crippen LogP contribution in [0.3, 0.4) is 0 Å². The van der Waals surface area contributed by atoms with Gasteiger partial charge in [0, 0.05) is 22.4 Å². The van der Waals surface area contributed by atoms with E-state index in [2.05, 4.69) is 255 Å². The van der Waals surface area contributed by atoms with E-state index in [1.54, 1.807) is 0 Å². The van der Waals surface area contributed by atoms with Crippen LogP contribution < -0.4 is 4.90 Å². The Morgan fingerprint density at radius 2 is 0.754 bits per heavy atom. The van der Waals surface area contributed by atoms with E-state index in [-0.39, 0.29) is 5.41 Å². The van der Waals surface area contributed by atoms with Crippen molar-refractivity contribution in [3.63, 3.8) is 0 Å². The largest absolute Gasteiger partial charge is 0.310 e. The molecule has 0 N–H and O–H groups in total. The summed E-state index contributed by atoms with van der Waals surface area (Å²) in [5.74, 6) is 0. The molecule has 0 aromatic heterocycles. The smallest absolute Gasteiger partial charge is 0.0725 e. The van der Waals surface area contributed by atoms with Crippen molar-refractivity contribution in [3.05, 3.63) is 270 Å². The van der Waals surface area contributed by atoms with Crippen LogP contribution in [0.25, 0.3) is 66.8 Å². The third-order valence-electron chi connectivity index (χ3n) is 14.7. The third-order valence-corrected chi connectivity index (χ3v) is 14.7. The summed E-state index contributed by atoms with van der Waals surface area (Å²) in [6.45, 7) is 4.73. The summed E-state index contributed by atoms with van der Waals surface area (Å²) in [4.78, 5) is 2.46. The molecule has 306 valence electrons. The molecule has 1 spiro atoms. The summed E-state index contributed by atoms with van der Waals surface area (Å²) in [6, 6.07) is 88.1. The number of anilines is 3. The highest BCUT2D eigenvalue weighted by molar-refractivity contribution is 6.01. The van der Waals surface area contributed by atoms with E-state index in [0.29, 0.717) is 0 Å². The van der Waals surface area contributed by atoms with Gasteiger partial charge in [0.1, 0.15) is 0 Å². The highest BCUT2D eigenvalue weighted by atomic mass is 15.1.